The zero-order valence-corrected chi connectivity index (χ0v) is 8.73. The van der Waals surface area contributed by atoms with Crippen LogP contribution in [0.25, 0.3) is 0 Å². The zero-order valence-electron chi connectivity index (χ0n) is 7.91. The van der Waals surface area contributed by atoms with E-state index in [4.69, 9.17) is 4.74 Å². The molecule has 3 saturated heterocycles. The molecule has 0 aliphatic carbocycles. The lowest BCUT2D eigenvalue weighted by molar-refractivity contribution is -0.160. The van der Waals surface area contributed by atoms with Gasteiger partial charge in [-0.1, -0.05) is 0 Å². The lowest BCUT2D eigenvalue weighted by Gasteiger charge is -2.46. The summed E-state index contributed by atoms with van der Waals surface area (Å²) in [6, 6.07) is 0. The first-order chi connectivity index (χ1) is 5.77. The number of hydrogen-bond donors (Lipinski definition) is 0. The van der Waals surface area contributed by atoms with Crippen molar-refractivity contribution in [1.82, 2.24) is 4.90 Å². The highest BCUT2D eigenvalue weighted by Crippen LogP contribution is 2.40. The van der Waals surface area contributed by atoms with Crippen molar-refractivity contribution in [3.8, 4) is 0 Å². The summed E-state index contributed by atoms with van der Waals surface area (Å²) in [6.45, 7) is 3.24. The van der Waals surface area contributed by atoms with Crippen molar-refractivity contribution < 1.29 is 9.53 Å². The van der Waals surface area contributed by atoms with E-state index < -0.39 is 0 Å². The smallest absolute Gasteiger partial charge is 0.311 e. The zero-order chi connectivity index (χ0) is 8.60. The van der Waals surface area contributed by atoms with Crippen LogP contribution in [0.3, 0.4) is 0 Å². The third-order valence-electron chi connectivity index (χ3n) is 3.34. The molecule has 3 aliphatic rings. The molecule has 13 heavy (non-hydrogen) atoms. The van der Waals surface area contributed by atoms with Gasteiger partial charge in [0.05, 0.1) is 12.5 Å². The van der Waals surface area contributed by atoms with Crippen molar-refractivity contribution in [2.45, 2.75) is 19.3 Å². The molecule has 3 rings (SSSR count). The van der Waals surface area contributed by atoms with Gasteiger partial charge < -0.3 is 9.64 Å². The summed E-state index contributed by atoms with van der Waals surface area (Å²) >= 11 is 0. The van der Waals surface area contributed by atoms with E-state index in [1.165, 1.54) is 7.11 Å². The second-order valence-electron chi connectivity index (χ2n) is 3.86. The molecular formula is C9H16ClNO2. The topological polar surface area (TPSA) is 29.5 Å². The van der Waals surface area contributed by atoms with Gasteiger partial charge in [-0.2, -0.15) is 0 Å². The third-order valence-corrected chi connectivity index (χ3v) is 3.34. The molecule has 76 valence electrons. The van der Waals surface area contributed by atoms with E-state index >= 15 is 0 Å². The molecule has 2 bridgehead atoms. The minimum Gasteiger partial charge on any atom is -0.469 e. The van der Waals surface area contributed by atoms with Crippen LogP contribution >= 0.6 is 12.4 Å². The van der Waals surface area contributed by atoms with E-state index in [2.05, 4.69) is 4.90 Å². The van der Waals surface area contributed by atoms with Gasteiger partial charge in [-0.05, 0) is 38.9 Å². The highest BCUT2D eigenvalue weighted by atomic mass is 35.5. The number of rotatable bonds is 1. The lowest BCUT2D eigenvalue weighted by atomic mass is 9.72. The first-order valence-corrected chi connectivity index (χ1v) is 4.58. The van der Waals surface area contributed by atoms with Crippen LogP contribution in [0.2, 0.25) is 0 Å². The Hall–Kier alpha value is -0.280. The summed E-state index contributed by atoms with van der Waals surface area (Å²) in [5, 5.41) is 0. The molecule has 0 aromatic heterocycles. The largest absolute Gasteiger partial charge is 0.469 e. The molecule has 0 saturated carbocycles. The van der Waals surface area contributed by atoms with Crippen LogP contribution in [0.5, 0.6) is 0 Å². The van der Waals surface area contributed by atoms with E-state index in [0.29, 0.717) is 0 Å². The Morgan fingerprint density at radius 2 is 1.69 bits per heavy atom. The second kappa shape index (κ2) is 3.84. The number of methoxy groups -OCH3 is 1. The average Bonchev–Trinajstić information content (AvgIpc) is 2.19. The van der Waals surface area contributed by atoms with Crippen molar-refractivity contribution in [2.24, 2.45) is 5.41 Å². The number of fused-ring (bicyclic) bond motifs is 3. The third kappa shape index (κ3) is 1.67. The molecule has 0 atom stereocenters. The van der Waals surface area contributed by atoms with Gasteiger partial charge in [0.25, 0.3) is 0 Å². The van der Waals surface area contributed by atoms with Gasteiger partial charge in [0.15, 0.2) is 0 Å². The Morgan fingerprint density at radius 3 is 2.08 bits per heavy atom. The molecule has 0 radical (unpaired) electrons. The first-order valence-electron chi connectivity index (χ1n) is 4.58. The maximum Gasteiger partial charge on any atom is 0.311 e. The van der Waals surface area contributed by atoms with Gasteiger partial charge in [0, 0.05) is 0 Å². The van der Waals surface area contributed by atoms with Crippen molar-refractivity contribution in [2.75, 3.05) is 26.7 Å². The van der Waals surface area contributed by atoms with Crippen LogP contribution < -0.4 is 0 Å². The SMILES string of the molecule is COC(=O)C12CCN(CC1)CC2.Cl. The Balaban J connectivity index is 0.000000845. The summed E-state index contributed by atoms with van der Waals surface area (Å²) in [5.74, 6) is 0.0156. The number of carbonyl (C=O) groups excluding carboxylic acids is 1. The Labute approximate surface area is 84.8 Å². The molecule has 3 aliphatic heterocycles. The monoisotopic (exact) mass is 205 g/mol. The van der Waals surface area contributed by atoms with Gasteiger partial charge in [-0.25, -0.2) is 0 Å². The van der Waals surface area contributed by atoms with Crippen LogP contribution in [-0.2, 0) is 9.53 Å². The van der Waals surface area contributed by atoms with E-state index in [1.54, 1.807) is 0 Å². The lowest BCUT2D eigenvalue weighted by Crippen LogP contribution is -2.52. The summed E-state index contributed by atoms with van der Waals surface area (Å²) in [4.78, 5) is 13.9. The van der Waals surface area contributed by atoms with E-state index in [0.717, 1.165) is 38.9 Å². The summed E-state index contributed by atoms with van der Waals surface area (Å²) < 4.78 is 4.85. The minimum atomic E-state index is -0.108. The fourth-order valence-corrected chi connectivity index (χ4v) is 2.35. The Morgan fingerprint density at radius 1 is 1.23 bits per heavy atom. The normalized spacial score (nSPS) is 36.5. The van der Waals surface area contributed by atoms with Crippen LogP contribution in [0.4, 0.5) is 0 Å². The fraction of sp³-hybridized carbons (Fsp3) is 0.889. The molecule has 0 amide bonds. The molecule has 0 spiro atoms. The average molecular weight is 206 g/mol. The number of hydrogen-bond acceptors (Lipinski definition) is 3. The predicted molar refractivity (Wildman–Crippen MR) is 52.0 cm³/mol. The summed E-state index contributed by atoms with van der Waals surface area (Å²) in [7, 11) is 1.50. The fourth-order valence-electron chi connectivity index (χ4n) is 2.35. The Kier molecular flexibility index (Phi) is 3.19. The van der Waals surface area contributed by atoms with E-state index in [-0.39, 0.29) is 23.8 Å². The molecule has 0 aromatic carbocycles. The number of halogens is 1. The summed E-state index contributed by atoms with van der Waals surface area (Å²) in [5.41, 5.74) is -0.108. The molecule has 0 aromatic rings. The van der Waals surface area contributed by atoms with Crippen LogP contribution in [0.15, 0.2) is 0 Å². The van der Waals surface area contributed by atoms with Crippen LogP contribution in [-0.4, -0.2) is 37.6 Å². The van der Waals surface area contributed by atoms with Gasteiger partial charge in [-0.15, -0.1) is 12.4 Å². The summed E-state index contributed by atoms with van der Waals surface area (Å²) in [6.07, 6.45) is 3.00. The highest BCUT2D eigenvalue weighted by Gasteiger charge is 2.45. The standard InChI is InChI=1S/C9H15NO2.ClH/c1-12-8(11)9-2-5-10(6-3-9)7-4-9;/h2-7H2,1H3;1H. The van der Waals surface area contributed by atoms with Gasteiger partial charge in [0.2, 0.25) is 0 Å². The number of ether oxygens (including phenoxy) is 1. The maximum absolute atomic E-state index is 11.5. The number of carbonyl (C=O) groups is 1. The number of nitrogens with zero attached hydrogens (tertiary/aromatic N) is 1. The van der Waals surface area contributed by atoms with Gasteiger partial charge >= 0.3 is 5.97 Å². The minimum absolute atomic E-state index is 0. The second-order valence-corrected chi connectivity index (χ2v) is 3.86. The molecule has 0 N–H and O–H groups in total. The highest BCUT2D eigenvalue weighted by molar-refractivity contribution is 5.85. The predicted octanol–water partition coefficient (Wildman–Crippen LogP) is 1.07. The maximum atomic E-state index is 11.5. The van der Waals surface area contributed by atoms with Gasteiger partial charge in [-0.3, -0.25) is 4.79 Å². The molecular weight excluding hydrogens is 190 g/mol. The number of piperidine rings is 3. The molecule has 3 fully saturated rings. The van der Waals surface area contributed by atoms with Crippen molar-refractivity contribution in [3.63, 3.8) is 0 Å². The molecule has 3 nitrogen and oxygen atoms in total. The molecule has 3 heterocycles. The quantitative estimate of drug-likeness (QED) is 0.600. The molecule has 0 unspecified atom stereocenters. The first kappa shape index (κ1) is 10.8. The van der Waals surface area contributed by atoms with E-state index in [9.17, 15) is 4.79 Å². The van der Waals surface area contributed by atoms with Crippen molar-refractivity contribution >= 4 is 18.4 Å². The van der Waals surface area contributed by atoms with E-state index in [1.807, 2.05) is 0 Å². The van der Waals surface area contributed by atoms with Crippen molar-refractivity contribution in [1.29, 1.82) is 0 Å². The van der Waals surface area contributed by atoms with Crippen molar-refractivity contribution in [3.05, 3.63) is 0 Å². The molecule has 4 heteroatoms. The number of esters is 1. The van der Waals surface area contributed by atoms with Crippen LogP contribution in [0, 0.1) is 5.41 Å². The van der Waals surface area contributed by atoms with Gasteiger partial charge in [0.1, 0.15) is 0 Å². The van der Waals surface area contributed by atoms with Crippen LogP contribution in [0.1, 0.15) is 19.3 Å². The Bertz CT molecular complexity index is 186.